The van der Waals surface area contributed by atoms with Crippen molar-refractivity contribution in [2.75, 3.05) is 5.32 Å². The highest BCUT2D eigenvalue weighted by atomic mass is 32.1. The molecule has 0 atom stereocenters. The van der Waals surface area contributed by atoms with Gasteiger partial charge < -0.3 is 9.88 Å². The minimum absolute atomic E-state index is 0.798. The molecule has 0 saturated carbocycles. The maximum Gasteiger partial charge on any atom is 0.203 e. The first-order chi connectivity index (χ1) is 7.79. The minimum atomic E-state index is 0.798. The molecule has 4 nitrogen and oxygen atoms in total. The van der Waals surface area contributed by atoms with Crippen LogP contribution in [-0.4, -0.2) is 14.5 Å². The van der Waals surface area contributed by atoms with Crippen molar-refractivity contribution in [3.63, 3.8) is 0 Å². The summed E-state index contributed by atoms with van der Waals surface area (Å²) in [5.74, 6) is 0.938. The first kappa shape index (κ1) is 11.1. The lowest BCUT2D eigenvalue weighted by atomic mass is 10.5. The van der Waals surface area contributed by atoms with Gasteiger partial charge in [0.25, 0.3) is 0 Å². The van der Waals surface area contributed by atoms with Crippen LogP contribution in [0.2, 0.25) is 0 Å². The highest BCUT2D eigenvalue weighted by molar-refractivity contribution is 7.11. The summed E-state index contributed by atoms with van der Waals surface area (Å²) in [6, 6.07) is 0. The van der Waals surface area contributed by atoms with Crippen LogP contribution in [0.25, 0.3) is 0 Å². The van der Waals surface area contributed by atoms with E-state index < -0.39 is 0 Å². The van der Waals surface area contributed by atoms with Crippen molar-refractivity contribution >= 4 is 17.3 Å². The first-order valence-electron chi connectivity index (χ1n) is 5.46. The maximum absolute atomic E-state index is 4.29. The number of nitrogens with zero attached hydrogens (tertiary/aromatic N) is 3. The van der Waals surface area contributed by atoms with Gasteiger partial charge in [0, 0.05) is 30.0 Å². The largest absolute Gasteiger partial charge is 0.351 e. The van der Waals surface area contributed by atoms with Gasteiger partial charge in [0.05, 0.1) is 11.6 Å². The van der Waals surface area contributed by atoms with Crippen molar-refractivity contribution in [2.45, 2.75) is 33.4 Å². The summed E-state index contributed by atoms with van der Waals surface area (Å²) in [5.41, 5.74) is 0. The molecule has 0 radical (unpaired) electrons. The normalized spacial score (nSPS) is 10.6. The molecule has 0 aliphatic rings. The number of thiazole rings is 1. The molecule has 0 aliphatic carbocycles. The second-order valence-corrected chi connectivity index (χ2v) is 4.96. The molecule has 2 aromatic rings. The van der Waals surface area contributed by atoms with Gasteiger partial charge in [0.15, 0.2) is 0 Å². The number of imidazole rings is 1. The molecule has 0 fully saturated rings. The summed E-state index contributed by atoms with van der Waals surface area (Å²) in [5, 5.41) is 4.44. The Bertz CT molecular complexity index is 446. The zero-order chi connectivity index (χ0) is 11.4. The van der Waals surface area contributed by atoms with Crippen LogP contribution >= 0.6 is 11.3 Å². The molecule has 2 aromatic heterocycles. The van der Waals surface area contributed by atoms with E-state index >= 15 is 0 Å². The Kier molecular flexibility index (Phi) is 3.56. The predicted molar refractivity (Wildman–Crippen MR) is 66.7 cm³/mol. The van der Waals surface area contributed by atoms with Crippen molar-refractivity contribution < 1.29 is 0 Å². The molecule has 5 heteroatoms. The maximum atomic E-state index is 4.29. The third kappa shape index (κ3) is 2.61. The molecule has 1 N–H and O–H groups in total. The number of anilines is 1. The average Bonchev–Trinajstić information content (AvgIpc) is 2.85. The zero-order valence-corrected chi connectivity index (χ0v) is 10.4. The molecule has 0 saturated heterocycles. The van der Waals surface area contributed by atoms with Crippen molar-refractivity contribution in [2.24, 2.45) is 0 Å². The van der Waals surface area contributed by atoms with Crippen LogP contribution in [0.1, 0.15) is 23.2 Å². The van der Waals surface area contributed by atoms with Crippen LogP contribution in [0.5, 0.6) is 0 Å². The van der Waals surface area contributed by atoms with Crippen molar-refractivity contribution in [3.05, 3.63) is 28.5 Å². The molecule has 0 aromatic carbocycles. The van der Waals surface area contributed by atoms with Gasteiger partial charge >= 0.3 is 0 Å². The number of aryl methyl sites for hydroxylation is 2. The van der Waals surface area contributed by atoms with E-state index in [0.29, 0.717) is 0 Å². The van der Waals surface area contributed by atoms with E-state index in [1.165, 1.54) is 4.88 Å². The Morgan fingerprint density at radius 2 is 2.31 bits per heavy atom. The summed E-state index contributed by atoms with van der Waals surface area (Å²) in [4.78, 5) is 9.76. The van der Waals surface area contributed by atoms with Gasteiger partial charge in [-0.15, -0.1) is 11.3 Å². The molecule has 0 unspecified atom stereocenters. The van der Waals surface area contributed by atoms with E-state index in [1.807, 2.05) is 25.5 Å². The van der Waals surface area contributed by atoms with Gasteiger partial charge in [-0.3, -0.25) is 0 Å². The second kappa shape index (κ2) is 5.12. The quantitative estimate of drug-likeness (QED) is 0.868. The van der Waals surface area contributed by atoms with Gasteiger partial charge in [-0.05, 0) is 13.3 Å². The van der Waals surface area contributed by atoms with Crippen molar-refractivity contribution in [3.8, 4) is 0 Å². The molecule has 2 heterocycles. The van der Waals surface area contributed by atoms with Gasteiger partial charge in [0.2, 0.25) is 5.95 Å². The fourth-order valence-corrected chi connectivity index (χ4v) is 2.29. The highest BCUT2D eigenvalue weighted by Gasteiger charge is 2.02. The zero-order valence-electron chi connectivity index (χ0n) is 9.60. The summed E-state index contributed by atoms with van der Waals surface area (Å²) < 4.78 is 2.13. The Balaban J connectivity index is 1.96. The van der Waals surface area contributed by atoms with Crippen LogP contribution in [0, 0.1) is 6.92 Å². The standard InChI is InChI=1S/C11H16N4S/c1-3-5-15-6-4-12-11(15)14-8-10-7-13-9(2)16-10/h4,6-7H,3,5,8H2,1-2H3,(H,12,14). The SMILES string of the molecule is CCCn1ccnc1NCc1cnc(C)s1. The van der Waals surface area contributed by atoms with Crippen molar-refractivity contribution in [1.29, 1.82) is 0 Å². The summed E-state index contributed by atoms with van der Waals surface area (Å²) in [7, 11) is 0. The monoisotopic (exact) mass is 236 g/mol. The Morgan fingerprint density at radius 3 is 3.00 bits per heavy atom. The number of hydrogen-bond donors (Lipinski definition) is 1. The number of aromatic nitrogens is 3. The van der Waals surface area contributed by atoms with Gasteiger partial charge in [-0.25, -0.2) is 9.97 Å². The Hall–Kier alpha value is -1.36. The fourth-order valence-electron chi connectivity index (χ4n) is 1.55. The van der Waals surface area contributed by atoms with Crippen LogP contribution in [0.3, 0.4) is 0 Å². The molecular formula is C11H16N4S. The second-order valence-electron chi connectivity index (χ2n) is 3.64. The molecule has 16 heavy (non-hydrogen) atoms. The molecule has 0 bridgehead atoms. The van der Waals surface area contributed by atoms with Gasteiger partial charge in [-0.1, -0.05) is 6.92 Å². The third-order valence-corrected chi connectivity index (χ3v) is 3.18. The molecular weight excluding hydrogens is 220 g/mol. The average molecular weight is 236 g/mol. The van der Waals surface area contributed by atoms with E-state index in [2.05, 4.69) is 26.8 Å². The molecule has 2 rings (SSSR count). The number of hydrogen-bond acceptors (Lipinski definition) is 4. The molecule has 86 valence electrons. The van der Waals surface area contributed by atoms with E-state index in [9.17, 15) is 0 Å². The highest BCUT2D eigenvalue weighted by Crippen LogP contribution is 2.13. The number of rotatable bonds is 5. The summed E-state index contributed by atoms with van der Waals surface area (Å²) >= 11 is 1.72. The smallest absolute Gasteiger partial charge is 0.203 e. The summed E-state index contributed by atoms with van der Waals surface area (Å²) in [6.07, 6.45) is 6.87. The third-order valence-electron chi connectivity index (χ3n) is 2.27. The van der Waals surface area contributed by atoms with Crippen molar-refractivity contribution in [1.82, 2.24) is 14.5 Å². The molecule has 0 amide bonds. The lowest BCUT2D eigenvalue weighted by molar-refractivity contribution is 0.682. The van der Waals surface area contributed by atoms with E-state index in [4.69, 9.17) is 0 Å². The minimum Gasteiger partial charge on any atom is -0.351 e. The Labute approximate surface area is 99.4 Å². The fraction of sp³-hybridized carbons (Fsp3) is 0.455. The Morgan fingerprint density at radius 1 is 1.44 bits per heavy atom. The predicted octanol–water partition coefficient (Wildman–Crippen LogP) is 2.67. The van der Waals surface area contributed by atoms with E-state index in [0.717, 1.165) is 30.5 Å². The van der Waals surface area contributed by atoms with Crippen LogP contribution in [-0.2, 0) is 13.1 Å². The van der Waals surface area contributed by atoms with Gasteiger partial charge in [-0.2, -0.15) is 0 Å². The van der Waals surface area contributed by atoms with E-state index in [1.54, 1.807) is 11.3 Å². The lowest BCUT2D eigenvalue weighted by Gasteiger charge is -2.07. The van der Waals surface area contributed by atoms with Crippen LogP contribution in [0.15, 0.2) is 18.6 Å². The van der Waals surface area contributed by atoms with Crippen LogP contribution < -0.4 is 5.32 Å². The molecule has 0 spiro atoms. The topological polar surface area (TPSA) is 42.7 Å². The summed E-state index contributed by atoms with van der Waals surface area (Å²) in [6.45, 7) is 5.98. The molecule has 0 aliphatic heterocycles. The van der Waals surface area contributed by atoms with Gasteiger partial charge in [0.1, 0.15) is 0 Å². The first-order valence-corrected chi connectivity index (χ1v) is 6.27. The van der Waals surface area contributed by atoms with E-state index in [-0.39, 0.29) is 0 Å². The lowest BCUT2D eigenvalue weighted by Crippen LogP contribution is -2.06. The number of nitrogens with one attached hydrogen (secondary N) is 1. The van der Waals surface area contributed by atoms with Crippen LogP contribution in [0.4, 0.5) is 5.95 Å².